The predicted octanol–water partition coefficient (Wildman–Crippen LogP) is 2.79. The van der Waals surface area contributed by atoms with Crippen molar-refractivity contribution in [2.75, 3.05) is 12.4 Å². The zero-order valence-corrected chi connectivity index (χ0v) is 16.5. The molecule has 0 fully saturated rings. The highest BCUT2D eigenvalue weighted by Gasteiger charge is 2.41. The summed E-state index contributed by atoms with van der Waals surface area (Å²) in [7, 11) is -1.25. The van der Waals surface area contributed by atoms with E-state index in [9.17, 15) is 18.3 Å². The number of nitrogens with zero attached hydrogens (tertiary/aromatic N) is 3. The highest BCUT2D eigenvalue weighted by atomic mass is 35.5. The van der Waals surface area contributed by atoms with Crippen molar-refractivity contribution < 1.29 is 18.3 Å². The number of carbonyl (C=O) groups is 1. The van der Waals surface area contributed by atoms with E-state index in [1.165, 1.54) is 29.1 Å². The number of aryl methyl sites for hydroxylation is 1. The zero-order chi connectivity index (χ0) is 19.5. The number of halogens is 1. The molecule has 1 aliphatic heterocycles. The monoisotopic (exact) mass is 424 g/mol. The summed E-state index contributed by atoms with van der Waals surface area (Å²) in [4.78, 5) is 16.5. The minimum absolute atomic E-state index is 0.0367. The van der Waals surface area contributed by atoms with Crippen molar-refractivity contribution in [3.63, 3.8) is 0 Å². The minimum Gasteiger partial charge on any atom is -0.504 e. The first-order chi connectivity index (χ1) is 12.7. The van der Waals surface area contributed by atoms with Gasteiger partial charge in [-0.3, -0.25) is 14.4 Å². The average molecular weight is 425 g/mol. The Bertz CT molecular complexity index is 1230. The molecule has 0 spiro atoms. The number of hydrogen-bond donors (Lipinski definition) is 2. The molecule has 2 aromatic heterocycles. The first kappa shape index (κ1) is 17.8. The van der Waals surface area contributed by atoms with Crippen molar-refractivity contribution in [3.05, 3.63) is 46.2 Å². The molecule has 11 heteroatoms. The number of fused-ring (bicyclic) bond motifs is 3. The van der Waals surface area contributed by atoms with E-state index in [0.29, 0.717) is 21.1 Å². The number of benzene rings is 1. The van der Waals surface area contributed by atoms with Crippen molar-refractivity contribution in [1.82, 2.24) is 13.9 Å². The highest BCUT2D eigenvalue weighted by Crippen LogP contribution is 2.41. The van der Waals surface area contributed by atoms with Gasteiger partial charge in [-0.05, 0) is 18.2 Å². The van der Waals surface area contributed by atoms with E-state index in [2.05, 4.69) is 10.3 Å². The van der Waals surface area contributed by atoms with Crippen LogP contribution in [0.15, 0.2) is 40.4 Å². The highest BCUT2D eigenvalue weighted by molar-refractivity contribution is 7.89. The van der Waals surface area contributed by atoms with Gasteiger partial charge >= 0.3 is 0 Å². The maximum atomic E-state index is 13.1. The van der Waals surface area contributed by atoms with Gasteiger partial charge in [0.15, 0.2) is 16.6 Å². The summed E-state index contributed by atoms with van der Waals surface area (Å²) >= 11 is 7.21. The second-order valence-corrected chi connectivity index (χ2v) is 9.10. The molecule has 4 rings (SSSR count). The molecule has 3 heterocycles. The molecule has 8 nitrogen and oxygen atoms in total. The zero-order valence-electron chi connectivity index (χ0n) is 14.1. The van der Waals surface area contributed by atoms with Gasteiger partial charge in [0.1, 0.15) is 10.6 Å². The van der Waals surface area contributed by atoms with Crippen molar-refractivity contribution in [3.8, 4) is 0 Å². The molecule has 1 amide bonds. The second kappa shape index (κ2) is 5.98. The van der Waals surface area contributed by atoms with Gasteiger partial charge in [-0.15, -0.1) is 11.3 Å². The lowest BCUT2D eigenvalue weighted by Crippen LogP contribution is -2.37. The first-order valence-corrected chi connectivity index (χ1v) is 10.3. The van der Waals surface area contributed by atoms with E-state index in [4.69, 9.17) is 11.6 Å². The Morgan fingerprint density at radius 2 is 2.07 bits per heavy atom. The van der Waals surface area contributed by atoms with Crippen LogP contribution in [-0.2, 0) is 21.9 Å². The molecule has 0 bridgehead atoms. The quantitative estimate of drug-likeness (QED) is 0.658. The molecule has 1 aliphatic rings. The third-order valence-electron chi connectivity index (χ3n) is 4.37. The van der Waals surface area contributed by atoms with Crippen LogP contribution in [0, 0.1) is 0 Å². The van der Waals surface area contributed by atoms with Crippen LogP contribution in [0.5, 0.6) is 0 Å². The van der Waals surface area contributed by atoms with Crippen LogP contribution >= 0.6 is 22.9 Å². The summed E-state index contributed by atoms with van der Waals surface area (Å²) < 4.78 is 28.5. The van der Waals surface area contributed by atoms with Crippen LogP contribution in [0.25, 0.3) is 16.7 Å². The molecular formula is C16H13ClN4O4S2. The summed E-state index contributed by atoms with van der Waals surface area (Å²) in [5, 5.41) is 16.1. The normalized spacial score (nSPS) is 15.9. The smallest absolute Gasteiger partial charge is 0.278 e. The lowest BCUT2D eigenvalue weighted by molar-refractivity contribution is -0.113. The maximum Gasteiger partial charge on any atom is 0.278 e. The van der Waals surface area contributed by atoms with Gasteiger partial charge in [-0.1, -0.05) is 11.6 Å². The number of carbonyl (C=O) groups excluding carboxylic acids is 1. The Labute approximate surface area is 163 Å². The van der Waals surface area contributed by atoms with E-state index >= 15 is 0 Å². The molecule has 0 saturated heterocycles. The van der Waals surface area contributed by atoms with Crippen LogP contribution in [0.2, 0.25) is 5.02 Å². The first-order valence-electron chi connectivity index (χ1n) is 7.64. The number of amides is 1. The molecule has 0 saturated carbocycles. The Morgan fingerprint density at radius 3 is 2.74 bits per heavy atom. The largest absolute Gasteiger partial charge is 0.504 e. The van der Waals surface area contributed by atoms with E-state index in [0.717, 1.165) is 4.31 Å². The predicted molar refractivity (Wildman–Crippen MR) is 103 cm³/mol. The fourth-order valence-electron chi connectivity index (χ4n) is 3.11. The van der Waals surface area contributed by atoms with Crippen molar-refractivity contribution in [2.24, 2.45) is 7.05 Å². The lowest BCUT2D eigenvalue weighted by Gasteiger charge is -2.27. The molecular weight excluding hydrogens is 412 g/mol. The summed E-state index contributed by atoms with van der Waals surface area (Å²) in [6.07, 6.45) is 1.50. The van der Waals surface area contributed by atoms with E-state index in [1.54, 1.807) is 30.6 Å². The number of thiazole rings is 1. The number of aliphatic hydroxyl groups is 1. The second-order valence-electron chi connectivity index (χ2n) is 5.86. The van der Waals surface area contributed by atoms with E-state index in [1.807, 2.05) is 0 Å². The lowest BCUT2D eigenvalue weighted by atomic mass is 10.2. The molecule has 0 unspecified atom stereocenters. The van der Waals surface area contributed by atoms with Crippen LogP contribution in [-0.4, -0.2) is 40.3 Å². The van der Waals surface area contributed by atoms with Gasteiger partial charge in [0.25, 0.3) is 15.9 Å². The fourth-order valence-corrected chi connectivity index (χ4v) is 5.41. The third kappa shape index (κ3) is 2.52. The Kier molecular flexibility index (Phi) is 3.95. The molecule has 27 heavy (non-hydrogen) atoms. The maximum absolute atomic E-state index is 13.1. The SMILES string of the molecule is CN1C(C(=O)Nc2nccs2)=C(O)c2c(c3ccc(Cl)cc3n2C)S1(=O)=O. The molecule has 2 N–H and O–H groups in total. The molecule has 1 aromatic carbocycles. The average Bonchev–Trinajstić information content (AvgIpc) is 3.20. The van der Waals surface area contributed by atoms with E-state index in [-0.39, 0.29) is 16.3 Å². The van der Waals surface area contributed by atoms with Gasteiger partial charge in [0.05, 0.1) is 5.52 Å². The standard InChI is InChI=1S/C16H13ClN4O4S2/c1-20-10-7-8(17)3-4-9(10)14-11(20)13(22)12(21(2)27(14,24)25)15(23)19-16-18-5-6-26-16/h3-7,22H,1-2H3,(H,18,19,23). The number of rotatable bonds is 2. The van der Waals surface area contributed by atoms with Crippen molar-refractivity contribution in [1.29, 1.82) is 0 Å². The van der Waals surface area contributed by atoms with Crippen LogP contribution in [0.4, 0.5) is 5.13 Å². The number of aliphatic hydroxyl groups excluding tert-OH is 1. The Morgan fingerprint density at radius 1 is 1.33 bits per heavy atom. The number of anilines is 1. The van der Waals surface area contributed by atoms with Crippen molar-refractivity contribution >= 4 is 60.7 Å². The fraction of sp³-hybridized carbons (Fsp3) is 0.125. The molecule has 0 radical (unpaired) electrons. The van der Waals surface area contributed by atoms with Crippen LogP contribution in [0.1, 0.15) is 5.69 Å². The third-order valence-corrected chi connectivity index (χ3v) is 7.12. The number of nitrogens with one attached hydrogen (secondary N) is 1. The number of aromatic nitrogens is 2. The summed E-state index contributed by atoms with van der Waals surface area (Å²) in [6, 6.07) is 4.76. The summed E-state index contributed by atoms with van der Waals surface area (Å²) in [5.74, 6) is -1.21. The van der Waals surface area contributed by atoms with Gasteiger partial charge < -0.3 is 9.67 Å². The van der Waals surface area contributed by atoms with Crippen molar-refractivity contribution in [2.45, 2.75) is 4.90 Å². The Balaban J connectivity index is 1.99. The molecule has 3 aromatic rings. The van der Waals surface area contributed by atoms with Crippen LogP contribution in [0.3, 0.4) is 0 Å². The van der Waals surface area contributed by atoms with Gasteiger partial charge in [-0.2, -0.15) is 0 Å². The van der Waals surface area contributed by atoms with E-state index < -0.39 is 21.7 Å². The molecule has 0 atom stereocenters. The van der Waals surface area contributed by atoms with Gasteiger partial charge in [0.2, 0.25) is 0 Å². The summed E-state index contributed by atoms with van der Waals surface area (Å²) in [6.45, 7) is 0. The van der Waals surface area contributed by atoms with Gasteiger partial charge in [-0.25, -0.2) is 13.4 Å². The number of sulfonamides is 1. The van der Waals surface area contributed by atoms with Gasteiger partial charge in [0, 0.05) is 36.1 Å². The summed E-state index contributed by atoms with van der Waals surface area (Å²) in [5.41, 5.74) is 0.182. The minimum atomic E-state index is -4.07. The molecule has 140 valence electrons. The van der Waals surface area contributed by atoms with Crippen LogP contribution < -0.4 is 5.32 Å². The molecule has 0 aliphatic carbocycles. The number of hydrogen-bond acceptors (Lipinski definition) is 6. The topological polar surface area (TPSA) is 105 Å². The Hall–Kier alpha value is -2.56. The number of likely N-dealkylation sites (N-methyl/N-ethyl adjacent to an activating group) is 1.